The van der Waals surface area contributed by atoms with Crippen molar-refractivity contribution in [1.29, 1.82) is 0 Å². The van der Waals surface area contributed by atoms with Crippen molar-refractivity contribution in [3.63, 3.8) is 0 Å². The molecule has 4 heteroatoms. The molecule has 0 aliphatic heterocycles. The van der Waals surface area contributed by atoms with Gasteiger partial charge in [-0.05, 0) is 31.5 Å². The van der Waals surface area contributed by atoms with Crippen LogP contribution in [0.25, 0.3) is 0 Å². The summed E-state index contributed by atoms with van der Waals surface area (Å²) in [4.78, 5) is 0. The monoisotopic (exact) mass is 288 g/mol. The van der Waals surface area contributed by atoms with Crippen molar-refractivity contribution >= 4 is 15.9 Å². The Morgan fingerprint density at radius 1 is 1.31 bits per heavy atom. The molecule has 0 aliphatic rings. The molecule has 0 spiro atoms. The third-order valence-electron chi connectivity index (χ3n) is 2.28. The van der Waals surface area contributed by atoms with Crippen LogP contribution in [0, 0.1) is 0 Å². The Balaban J connectivity index is 3.39. The zero-order valence-electron chi connectivity index (χ0n) is 10.0. The van der Waals surface area contributed by atoms with Gasteiger partial charge in [-0.25, -0.2) is 0 Å². The second kappa shape index (κ2) is 5.17. The van der Waals surface area contributed by atoms with Crippen molar-refractivity contribution < 1.29 is 14.6 Å². The largest absolute Gasteiger partial charge is 0.496 e. The lowest BCUT2D eigenvalue weighted by Crippen LogP contribution is -2.19. The molecule has 0 saturated heterocycles. The number of aliphatic hydroxyl groups is 1. The fourth-order valence-electron chi connectivity index (χ4n) is 1.76. The van der Waals surface area contributed by atoms with E-state index in [1.54, 1.807) is 28.1 Å². The molecule has 0 atom stereocenters. The molecule has 1 aromatic carbocycles. The van der Waals surface area contributed by atoms with Gasteiger partial charge >= 0.3 is 0 Å². The summed E-state index contributed by atoms with van der Waals surface area (Å²) in [5, 5.41) is 10.1. The summed E-state index contributed by atoms with van der Waals surface area (Å²) < 4.78 is 11.3. The van der Waals surface area contributed by atoms with E-state index in [-0.39, 0.29) is 0 Å². The Hall–Kier alpha value is -0.580. The Kier molecular flexibility index (Phi) is 4.35. The second-order valence-corrected chi connectivity index (χ2v) is 5.05. The summed E-state index contributed by atoms with van der Waals surface area (Å²) in [6, 6.07) is 3.77. The second-order valence-electron chi connectivity index (χ2n) is 4.13. The molecule has 0 heterocycles. The van der Waals surface area contributed by atoms with Crippen LogP contribution in [0.2, 0.25) is 0 Å². The van der Waals surface area contributed by atoms with Gasteiger partial charge in [-0.3, -0.25) is 0 Å². The lowest BCUT2D eigenvalue weighted by Gasteiger charge is -2.24. The van der Waals surface area contributed by atoms with Gasteiger partial charge in [0.05, 0.1) is 19.3 Å². The molecular formula is C12H17BrO3. The van der Waals surface area contributed by atoms with Crippen LogP contribution in [0.1, 0.15) is 25.0 Å². The van der Waals surface area contributed by atoms with E-state index in [1.807, 2.05) is 12.1 Å². The summed E-state index contributed by atoms with van der Waals surface area (Å²) in [6.07, 6.45) is 0. The first-order valence-electron chi connectivity index (χ1n) is 4.98. The van der Waals surface area contributed by atoms with Crippen LogP contribution < -0.4 is 4.74 Å². The first-order chi connectivity index (χ1) is 7.40. The number of hydrogen-bond donors (Lipinski definition) is 1. The van der Waals surface area contributed by atoms with E-state index in [9.17, 15) is 5.11 Å². The first-order valence-corrected chi connectivity index (χ1v) is 5.77. The van der Waals surface area contributed by atoms with Gasteiger partial charge in [0.25, 0.3) is 0 Å². The maximum atomic E-state index is 10.1. The fourth-order valence-corrected chi connectivity index (χ4v) is 2.24. The minimum Gasteiger partial charge on any atom is -0.496 e. The van der Waals surface area contributed by atoms with Gasteiger partial charge in [0, 0.05) is 17.1 Å². The van der Waals surface area contributed by atoms with Crippen LogP contribution >= 0.6 is 15.9 Å². The molecule has 0 unspecified atom stereocenters. The highest BCUT2D eigenvalue weighted by Crippen LogP contribution is 2.35. The summed E-state index contributed by atoms with van der Waals surface area (Å²) in [5.74, 6) is 0.661. The zero-order valence-corrected chi connectivity index (χ0v) is 11.6. The smallest absolute Gasteiger partial charge is 0.126 e. The molecule has 16 heavy (non-hydrogen) atoms. The Morgan fingerprint density at radius 3 is 2.38 bits per heavy atom. The number of hydrogen-bond acceptors (Lipinski definition) is 3. The molecular weight excluding hydrogens is 272 g/mol. The van der Waals surface area contributed by atoms with Crippen molar-refractivity contribution in [3.05, 3.63) is 27.7 Å². The maximum absolute atomic E-state index is 10.1. The fraction of sp³-hybridized carbons (Fsp3) is 0.500. The third kappa shape index (κ3) is 2.97. The standard InChI is InChI=1S/C12H17BrO3/c1-12(2,14)11-8(7-15-3)5-9(13)6-10(11)16-4/h5-6,14H,7H2,1-4H3. The predicted molar refractivity (Wildman–Crippen MR) is 66.7 cm³/mol. The summed E-state index contributed by atoms with van der Waals surface area (Å²) >= 11 is 3.41. The maximum Gasteiger partial charge on any atom is 0.126 e. The summed E-state index contributed by atoms with van der Waals surface area (Å²) in [6.45, 7) is 3.91. The van der Waals surface area contributed by atoms with E-state index in [4.69, 9.17) is 9.47 Å². The predicted octanol–water partition coefficient (Wildman–Crippen LogP) is 2.83. The highest BCUT2D eigenvalue weighted by Gasteiger charge is 2.25. The Morgan fingerprint density at radius 2 is 1.94 bits per heavy atom. The number of halogens is 1. The SMILES string of the molecule is COCc1cc(Br)cc(OC)c1C(C)(C)O. The molecule has 0 radical (unpaired) electrons. The Labute approximate surface area is 105 Å². The molecule has 0 aromatic heterocycles. The van der Waals surface area contributed by atoms with Crippen molar-refractivity contribution in [2.75, 3.05) is 14.2 Å². The average molecular weight is 289 g/mol. The first kappa shape index (κ1) is 13.5. The molecule has 0 saturated carbocycles. The van der Waals surface area contributed by atoms with Gasteiger partial charge in [0.2, 0.25) is 0 Å². The van der Waals surface area contributed by atoms with E-state index >= 15 is 0 Å². The third-order valence-corrected chi connectivity index (χ3v) is 2.74. The van der Waals surface area contributed by atoms with Gasteiger partial charge in [0.1, 0.15) is 5.75 Å². The average Bonchev–Trinajstić information content (AvgIpc) is 2.15. The highest BCUT2D eigenvalue weighted by atomic mass is 79.9. The minimum absolute atomic E-state index is 0.440. The Bertz CT molecular complexity index is 369. The van der Waals surface area contributed by atoms with Gasteiger partial charge < -0.3 is 14.6 Å². The number of methoxy groups -OCH3 is 2. The molecule has 0 amide bonds. The minimum atomic E-state index is -0.958. The van der Waals surface area contributed by atoms with Crippen molar-refractivity contribution in [2.45, 2.75) is 26.1 Å². The van der Waals surface area contributed by atoms with E-state index in [1.165, 1.54) is 0 Å². The van der Waals surface area contributed by atoms with Crippen molar-refractivity contribution in [3.8, 4) is 5.75 Å². The van der Waals surface area contributed by atoms with Crippen LogP contribution in [-0.4, -0.2) is 19.3 Å². The van der Waals surface area contributed by atoms with Crippen LogP contribution in [0.5, 0.6) is 5.75 Å². The quantitative estimate of drug-likeness (QED) is 0.926. The van der Waals surface area contributed by atoms with Gasteiger partial charge in [-0.2, -0.15) is 0 Å². The molecule has 3 nitrogen and oxygen atoms in total. The van der Waals surface area contributed by atoms with E-state index in [2.05, 4.69) is 15.9 Å². The van der Waals surface area contributed by atoms with Crippen molar-refractivity contribution in [2.24, 2.45) is 0 Å². The zero-order chi connectivity index (χ0) is 12.3. The van der Waals surface area contributed by atoms with Crippen LogP contribution in [0.3, 0.4) is 0 Å². The van der Waals surface area contributed by atoms with Gasteiger partial charge in [-0.1, -0.05) is 15.9 Å². The van der Waals surface area contributed by atoms with E-state index in [0.29, 0.717) is 12.4 Å². The molecule has 1 aromatic rings. The number of benzene rings is 1. The van der Waals surface area contributed by atoms with Gasteiger partial charge in [-0.15, -0.1) is 0 Å². The number of rotatable bonds is 4. The van der Waals surface area contributed by atoms with Crippen LogP contribution in [0.4, 0.5) is 0 Å². The normalized spacial score (nSPS) is 11.6. The topological polar surface area (TPSA) is 38.7 Å². The highest BCUT2D eigenvalue weighted by molar-refractivity contribution is 9.10. The van der Waals surface area contributed by atoms with Crippen LogP contribution in [0.15, 0.2) is 16.6 Å². The van der Waals surface area contributed by atoms with Gasteiger partial charge in [0.15, 0.2) is 0 Å². The molecule has 0 bridgehead atoms. The summed E-state index contributed by atoms with van der Waals surface area (Å²) in [5.41, 5.74) is 0.723. The molecule has 0 aliphatic carbocycles. The van der Waals surface area contributed by atoms with E-state index < -0.39 is 5.60 Å². The summed E-state index contributed by atoms with van der Waals surface area (Å²) in [7, 11) is 3.22. The molecule has 0 fully saturated rings. The number of ether oxygens (including phenoxy) is 2. The lowest BCUT2D eigenvalue weighted by molar-refractivity contribution is 0.0716. The molecule has 1 N–H and O–H groups in total. The van der Waals surface area contributed by atoms with Crippen LogP contribution in [-0.2, 0) is 16.9 Å². The van der Waals surface area contributed by atoms with E-state index in [0.717, 1.165) is 15.6 Å². The van der Waals surface area contributed by atoms with Crippen molar-refractivity contribution in [1.82, 2.24) is 0 Å². The molecule has 90 valence electrons. The molecule has 1 rings (SSSR count). The lowest BCUT2D eigenvalue weighted by atomic mass is 9.92.